The van der Waals surface area contributed by atoms with Gasteiger partial charge in [0.2, 0.25) is 0 Å². The van der Waals surface area contributed by atoms with Gasteiger partial charge in [-0.2, -0.15) is 0 Å². The highest BCUT2D eigenvalue weighted by atomic mass is 16.5. The van der Waals surface area contributed by atoms with E-state index in [1.807, 2.05) is 13.8 Å². The number of rotatable bonds is 6. The Bertz CT molecular complexity index is 202. The average molecular weight is 303 g/mol. The second-order valence-corrected chi connectivity index (χ2v) is 5.26. The van der Waals surface area contributed by atoms with Crippen molar-refractivity contribution in [2.75, 3.05) is 59.6 Å². The summed E-state index contributed by atoms with van der Waals surface area (Å²) in [7, 11) is 1.81. The Kier molecular flexibility index (Phi) is 14.6. The minimum Gasteiger partial charge on any atom is -0.377 e. The first-order valence-electron chi connectivity index (χ1n) is 8.71. The van der Waals surface area contributed by atoms with E-state index < -0.39 is 0 Å². The Morgan fingerprint density at radius 1 is 1.10 bits per heavy atom. The minimum absolute atomic E-state index is 0.569. The molecule has 0 aromatic heterocycles. The van der Waals surface area contributed by atoms with Crippen LogP contribution in [0, 0.1) is 0 Å². The average Bonchev–Trinajstić information content (AvgIpc) is 2.52. The molecule has 128 valence electrons. The van der Waals surface area contributed by atoms with E-state index in [1.54, 1.807) is 7.05 Å². The molecule has 5 heteroatoms. The van der Waals surface area contributed by atoms with Gasteiger partial charge in [-0.1, -0.05) is 20.8 Å². The Morgan fingerprint density at radius 3 is 2.00 bits per heavy atom. The third-order valence-corrected chi connectivity index (χ3v) is 3.93. The van der Waals surface area contributed by atoms with Crippen LogP contribution >= 0.6 is 0 Å². The summed E-state index contributed by atoms with van der Waals surface area (Å²) in [6.45, 7) is 15.0. The number of hydrogen-bond donors (Lipinski definition) is 2. The number of nitrogens with zero attached hydrogens (tertiary/aromatic N) is 2. The highest BCUT2D eigenvalue weighted by Crippen LogP contribution is 2.21. The normalized spacial score (nSPS) is 19.9. The van der Waals surface area contributed by atoms with E-state index in [0.717, 1.165) is 13.2 Å². The van der Waals surface area contributed by atoms with Crippen LogP contribution in [0.15, 0.2) is 0 Å². The fourth-order valence-electron chi connectivity index (χ4n) is 2.22. The predicted octanol–water partition coefficient (Wildman–Crippen LogP) is 1.34. The molecule has 5 nitrogen and oxygen atoms in total. The first-order chi connectivity index (χ1) is 10.3. The van der Waals surface area contributed by atoms with Gasteiger partial charge in [0.25, 0.3) is 0 Å². The molecule has 1 aliphatic heterocycles. The van der Waals surface area contributed by atoms with Gasteiger partial charge in [0.15, 0.2) is 0 Å². The summed E-state index contributed by atoms with van der Waals surface area (Å²) in [4.78, 5) is 5.05. The molecule has 0 spiro atoms. The first-order valence-corrected chi connectivity index (χ1v) is 8.71. The predicted molar refractivity (Wildman–Crippen MR) is 91.6 cm³/mol. The van der Waals surface area contributed by atoms with Crippen LogP contribution in [0.2, 0.25) is 0 Å². The molecular weight excluding hydrogens is 264 g/mol. The molecule has 2 rings (SSSR count). The monoisotopic (exact) mass is 302 g/mol. The van der Waals surface area contributed by atoms with E-state index in [2.05, 4.69) is 22.0 Å². The zero-order valence-corrected chi connectivity index (χ0v) is 14.7. The number of hydrogen-bond acceptors (Lipinski definition) is 5. The van der Waals surface area contributed by atoms with Gasteiger partial charge in [-0.05, 0) is 32.9 Å². The molecule has 2 aliphatic rings. The van der Waals surface area contributed by atoms with Gasteiger partial charge in [-0.3, -0.25) is 4.90 Å². The Hall–Kier alpha value is -0.200. The maximum Gasteiger partial charge on any atom is 0.0597 e. The van der Waals surface area contributed by atoms with E-state index in [9.17, 15) is 0 Å². The number of likely N-dealkylation sites (N-methyl/N-ethyl adjacent to an activating group) is 1. The molecule has 1 saturated heterocycles. The molecular formula is C16H38N4O. The SMILES string of the molecule is CC.CCN1CCN(CCOC2CCC2)CC1.CNCN. The molecule has 3 N–H and O–H groups in total. The third-order valence-electron chi connectivity index (χ3n) is 3.93. The maximum absolute atomic E-state index is 5.78. The summed E-state index contributed by atoms with van der Waals surface area (Å²) in [6, 6.07) is 0. The van der Waals surface area contributed by atoms with Crippen LogP contribution in [0.1, 0.15) is 40.0 Å². The standard InChI is InChI=1S/C12H24N2O.C2H8N2.C2H6/c1-2-13-6-8-14(9-7-13)10-11-15-12-4-3-5-12;1-4-2-3;1-2/h12H,2-11H2,1H3;4H,2-3H2,1H3;1-2H3. The van der Waals surface area contributed by atoms with E-state index in [4.69, 9.17) is 10.5 Å². The van der Waals surface area contributed by atoms with E-state index >= 15 is 0 Å². The lowest BCUT2D eigenvalue weighted by Crippen LogP contribution is -2.47. The van der Waals surface area contributed by atoms with Crippen molar-refractivity contribution in [3.05, 3.63) is 0 Å². The second-order valence-electron chi connectivity index (χ2n) is 5.26. The smallest absolute Gasteiger partial charge is 0.0597 e. The van der Waals surface area contributed by atoms with Gasteiger partial charge in [-0.25, -0.2) is 0 Å². The van der Waals surface area contributed by atoms with E-state index in [1.165, 1.54) is 52.0 Å². The zero-order valence-electron chi connectivity index (χ0n) is 14.7. The molecule has 0 unspecified atom stereocenters. The van der Waals surface area contributed by atoms with Crippen LogP contribution in [0.5, 0.6) is 0 Å². The summed E-state index contributed by atoms with van der Waals surface area (Å²) >= 11 is 0. The number of nitrogens with one attached hydrogen (secondary N) is 1. The van der Waals surface area contributed by atoms with Crippen LogP contribution in [-0.2, 0) is 4.74 Å². The molecule has 0 aromatic carbocycles. The fourth-order valence-corrected chi connectivity index (χ4v) is 2.22. The Morgan fingerprint density at radius 2 is 1.62 bits per heavy atom. The molecule has 2 fully saturated rings. The summed E-state index contributed by atoms with van der Waals surface area (Å²) in [6.07, 6.45) is 4.56. The zero-order chi connectivity index (χ0) is 15.9. The van der Waals surface area contributed by atoms with Crippen LogP contribution < -0.4 is 11.1 Å². The number of nitrogens with two attached hydrogens (primary N) is 1. The van der Waals surface area contributed by atoms with E-state index in [0.29, 0.717) is 12.8 Å². The minimum atomic E-state index is 0.569. The van der Waals surface area contributed by atoms with Crippen LogP contribution in [0.3, 0.4) is 0 Å². The van der Waals surface area contributed by atoms with Gasteiger partial charge in [0.1, 0.15) is 0 Å². The fraction of sp³-hybridized carbons (Fsp3) is 1.00. The highest BCUT2D eigenvalue weighted by Gasteiger charge is 2.19. The third kappa shape index (κ3) is 10.2. The van der Waals surface area contributed by atoms with Crippen molar-refractivity contribution in [3.63, 3.8) is 0 Å². The van der Waals surface area contributed by atoms with Crippen LogP contribution in [0.4, 0.5) is 0 Å². The van der Waals surface area contributed by atoms with Crippen LogP contribution in [0.25, 0.3) is 0 Å². The number of piperazine rings is 1. The molecule has 21 heavy (non-hydrogen) atoms. The van der Waals surface area contributed by atoms with Gasteiger partial charge in [-0.15, -0.1) is 0 Å². The molecule has 0 aromatic rings. The van der Waals surface area contributed by atoms with Crippen molar-refractivity contribution in [3.8, 4) is 0 Å². The van der Waals surface area contributed by atoms with Crippen molar-refractivity contribution in [1.29, 1.82) is 0 Å². The molecule has 0 amide bonds. The summed E-state index contributed by atoms with van der Waals surface area (Å²) in [5.74, 6) is 0. The van der Waals surface area contributed by atoms with Crippen molar-refractivity contribution in [2.24, 2.45) is 5.73 Å². The molecule has 0 atom stereocenters. The van der Waals surface area contributed by atoms with Crippen molar-refractivity contribution < 1.29 is 4.74 Å². The van der Waals surface area contributed by atoms with Gasteiger partial charge < -0.3 is 20.7 Å². The molecule has 1 aliphatic carbocycles. The Balaban J connectivity index is 0.000000579. The van der Waals surface area contributed by atoms with Crippen molar-refractivity contribution in [1.82, 2.24) is 15.1 Å². The summed E-state index contributed by atoms with van der Waals surface area (Å²) in [5, 5.41) is 2.71. The van der Waals surface area contributed by atoms with Gasteiger partial charge in [0.05, 0.1) is 12.7 Å². The van der Waals surface area contributed by atoms with Gasteiger partial charge >= 0.3 is 0 Å². The Labute approximate surface area is 132 Å². The summed E-state index contributed by atoms with van der Waals surface area (Å²) in [5.41, 5.74) is 4.92. The molecule has 0 radical (unpaired) electrons. The maximum atomic E-state index is 5.78. The largest absolute Gasteiger partial charge is 0.377 e. The lowest BCUT2D eigenvalue weighted by Gasteiger charge is -2.34. The van der Waals surface area contributed by atoms with Crippen molar-refractivity contribution in [2.45, 2.75) is 46.1 Å². The summed E-state index contributed by atoms with van der Waals surface area (Å²) < 4.78 is 5.78. The van der Waals surface area contributed by atoms with Crippen molar-refractivity contribution >= 4 is 0 Å². The first kappa shape index (κ1) is 20.8. The lowest BCUT2D eigenvalue weighted by atomic mass is 9.96. The number of ether oxygens (including phenoxy) is 1. The molecule has 0 bridgehead atoms. The second kappa shape index (κ2) is 14.7. The quantitative estimate of drug-likeness (QED) is 0.725. The highest BCUT2D eigenvalue weighted by molar-refractivity contribution is 4.72. The van der Waals surface area contributed by atoms with E-state index in [-0.39, 0.29) is 0 Å². The lowest BCUT2D eigenvalue weighted by molar-refractivity contribution is -0.0119. The molecule has 1 saturated carbocycles. The van der Waals surface area contributed by atoms with Gasteiger partial charge in [0, 0.05) is 39.4 Å². The molecule has 1 heterocycles. The topological polar surface area (TPSA) is 53.8 Å². The van der Waals surface area contributed by atoms with Crippen LogP contribution in [-0.4, -0.2) is 75.5 Å².